The first-order valence-corrected chi connectivity index (χ1v) is 9.19. The molecule has 0 bridgehead atoms. The van der Waals surface area contributed by atoms with E-state index in [2.05, 4.69) is 0 Å². The van der Waals surface area contributed by atoms with Gasteiger partial charge in [0.25, 0.3) is 0 Å². The molecule has 20 heavy (non-hydrogen) atoms. The van der Waals surface area contributed by atoms with Crippen molar-refractivity contribution in [1.29, 1.82) is 0 Å². The topological polar surface area (TPSA) is 54.4 Å². The molecule has 3 nitrogen and oxygen atoms in total. The van der Waals surface area contributed by atoms with E-state index in [9.17, 15) is 13.5 Å². The molecule has 1 fully saturated rings. The minimum atomic E-state index is -3.00. The molecule has 1 aromatic carbocycles. The van der Waals surface area contributed by atoms with Gasteiger partial charge in [-0.3, -0.25) is 0 Å². The molecule has 0 heterocycles. The predicted octanol–water partition coefficient (Wildman–Crippen LogP) is 2.94. The molecule has 1 saturated carbocycles. The molecule has 0 spiro atoms. The van der Waals surface area contributed by atoms with Crippen LogP contribution in [0.3, 0.4) is 0 Å². The Kier molecular flexibility index (Phi) is 4.55. The minimum absolute atomic E-state index is 0.0453. The molecule has 4 heteroatoms. The zero-order valence-corrected chi connectivity index (χ0v) is 13.3. The lowest BCUT2D eigenvalue weighted by atomic mass is 9.81. The molecular formula is C16H24O3S. The van der Waals surface area contributed by atoms with Gasteiger partial charge in [0.15, 0.2) is 0 Å². The van der Waals surface area contributed by atoms with Crippen molar-refractivity contribution in [2.45, 2.75) is 50.9 Å². The third-order valence-corrected chi connectivity index (χ3v) is 6.32. The quantitative estimate of drug-likeness (QED) is 0.933. The molecule has 0 amide bonds. The second-order valence-electron chi connectivity index (χ2n) is 6.11. The van der Waals surface area contributed by atoms with Crippen molar-refractivity contribution >= 4 is 9.84 Å². The Hall–Kier alpha value is -0.870. The van der Waals surface area contributed by atoms with Crippen LogP contribution in [0.25, 0.3) is 0 Å². The average Bonchev–Trinajstić information content (AvgIpc) is 2.40. The van der Waals surface area contributed by atoms with E-state index >= 15 is 0 Å². The van der Waals surface area contributed by atoms with Crippen LogP contribution < -0.4 is 0 Å². The van der Waals surface area contributed by atoms with Crippen molar-refractivity contribution in [3.63, 3.8) is 0 Å². The van der Waals surface area contributed by atoms with Gasteiger partial charge in [-0.25, -0.2) is 8.42 Å². The number of sulfone groups is 1. The summed E-state index contributed by atoms with van der Waals surface area (Å²) in [6, 6.07) is 5.94. The van der Waals surface area contributed by atoms with Crippen LogP contribution in [0.2, 0.25) is 0 Å². The van der Waals surface area contributed by atoms with E-state index < -0.39 is 15.9 Å². The molecule has 0 aromatic heterocycles. The van der Waals surface area contributed by atoms with Crippen LogP contribution in [-0.2, 0) is 9.84 Å². The molecule has 3 unspecified atom stereocenters. The van der Waals surface area contributed by atoms with Gasteiger partial charge < -0.3 is 5.11 Å². The Morgan fingerprint density at radius 1 is 1.25 bits per heavy atom. The Balaban J connectivity index is 2.21. The van der Waals surface area contributed by atoms with E-state index in [1.807, 2.05) is 32.0 Å². The molecule has 1 N–H and O–H groups in total. The van der Waals surface area contributed by atoms with Crippen molar-refractivity contribution in [2.24, 2.45) is 5.92 Å². The van der Waals surface area contributed by atoms with Crippen LogP contribution >= 0.6 is 0 Å². The van der Waals surface area contributed by atoms with Crippen LogP contribution in [0.15, 0.2) is 18.2 Å². The van der Waals surface area contributed by atoms with Gasteiger partial charge >= 0.3 is 0 Å². The SMILES string of the molecule is Cc1cccc(C(O)C2CCCC(S(C)(=O)=O)C2)c1C. The van der Waals surface area contributed by atoms with Gasteiger partial charge in [0.2, 0.25) is 0 Å². The van der Waals surface area contributed by atoms with E-state index in [1.54, 1.807) is 0 Å². The van der Waals surface area contributed by atoms with Crippen LogP contribution in [0.4, 0.5) is 0 Å². The Bertz CT molecular complexity index is 577. The van der Waals surface area contributed by atoms with E-state index in [-0.39, 0.29) is 11.2 Å². The lowest BCUT2D eigenvalue weighted by molar-refractivity contribution is 0.0851. The fourth-order valence-electron chi connectivity index (χ4n) is 3.20. The lowest BCUT2D eigenvalue weighted by Crippen LogP contribution is -2.30. The summed E-state index contributed by atoms with van der Waals surface area (Å²) in [7, 11) is -3.00. The van der Waals surface area contributed by atoms with E-state index in [0.717, 1.165) is 36.0 Å². The number of rotatable bonds is 3. The van der Waals surface area contributed by atoms with Gasteiger partial charge in [0.1, 0.15) is 9.84 Å². The van der Waals surface area contributed by atoms with Crippen molar-refractivity contribution < 1.29 is 13.5 Å². The lowest BCUT2D eigenvalue weighted by Gasteiger charge is -2.32. The maximum absolute atomic E-state index is 11.7. The number of hydrogen-bond donors (Lipinski definition) is 1. The zero-order valence-electron chi connectivity index (χ0n) is 12.5. The van der Waals surface area contributed by atoms with Crippen molar-refractivity contribution in [3.8, 4) is 0 Å². The van der Waals surface area contributed by atoms with Crippen LogP contribution in [0.5, 0.6) is 0 Å². The normalized spacial score (nSPS) is 25.4. The number of aliphatic hydroxyl groups excluding tert-OH is 1. The van der Waals surface area contributed by atoms with Crippen molar-refractivity contribution in [3.05, 3.63) is 34.9 Å². The molecule has 1 aliphatic carbocycles. The first kappa shape index (κ1) is 15.5. The smallest absolute Gasteiger partial charge is 0.150 e. The van der Waals surface area contributed by atoms with Crippen LogP contribution in [-0.4, -0.2) is 25.0 Å². The molecular weight excluding hydrogens is 272 g/mol. The summed E-state index contributed by atoms with van der Waals surface area (Å²) in [6.07, 6.45) is 3.84. The van der Waals surface area contributed by atoms with Crippen molar-refractivity contribution in [1.82, 2.24) is 0 Å². The monoisotopic (exact) mass is 296 g/mol. The fourth-order valence-corrected chi connectivity index (χ4v) is 4.40. The first-order valence-electron chi connectivity index (χ1n) is 7.23. The number of hydrogen-bond acceptors (Lipinski definition) is 3. The summed E-state index contributed by atoms with van der Waals surface area (Å²) >= 11 is 0. The number of aryl methyl sites for hydroxylation is 1. The first-order chi connectivity index (χ1) is 9.30. The van der Waals surface area contributed by atoms with Gasteiger partial charge in [-0.15, -0.1) is 0 Å². The molecule has 112 valence electrons. The molecule has 1 aliphatic rings. The summed E-state index contributed by atoms with van der Waals surface area (Å²) in [5.74, 6) is 0.0453. The van der Waals surface area contributed by atoms with Gasteiger partial charge in [-0.1, -0.05) is 24.6 Å². The number of aliphatic hydroxyl groups is 1. The molecule has 2 rings (SSSR count). The van der Waals surface area contributed by atoms with Gasteiger partial charge in [-0.2, -0.15) is 0 Å². The highest BCUT2D eigenvalue weighted by atomic mass is 32.2. The number of benzene rings is 1. The Labute approximate surface area is 121 Å². The highest BCUT2D eigenvalue weighted by molar-refractivity contribution is 7.91. The van der Waals surface area contributed by atoms with Gasteiger partial charge in [0.05, 0.1) is 11.4 Å². The second kappa shape index (κ2) is 5.86. The Morgan fingerprint density at radius 2 is 1.95 bits per heavy atom. The molecule has 0 saturated heterocycles. The van der Waals surface area contributed by atoms with E-state index in [1.165, 1.54) is 6.26 Å². The summed E-state index contributed by atoms with van der Waals surface area (Å²) in [4.78, 5) is 0. The average molecular weight is 296 g/mol. The highest BCUT2D eigenvalue weighted by Gasteiger charge is 2.33. The maximum Gasteiger partial charge on any atom is 0.150 e. The summed E-state index contributed by atoms with van der Waals surface area (Å²) in [5.41, 5.74) is 3.22. The van der Waals surface area contributed by atoms with Crippen LogP contribution in [0, 0.1) is 19.8 Å². The molecule has 0 radical (unpaired) electrons. The summed E-state index contributed by atoms with van der Waals surface area (Å²) in [5, 5.41) is 10.3. The predicted molar refractivity (Wildman–Crippen MR) is 81.5 cm³/mol. The van der Waals surface area contributed by atoms with Gasteiger partial charge in [0, 0.05) is 6.26 Å². The molecule has 0 aliphatic heterocycles. The Morgan fingerprint density at radius 3 is 2.60 bits per heavy atom. The minimum Gasteiger partial charge on any atom is -0.388 e. The third kappa shape index (κ3) is 3.23. The largest absolute Gasteiger partial charge is 0.388 e. The van der Waals surface area contributed by atoms with Crippen LogP contribution in [0.1, 0.15) is 48.5 Å². The second-order valence-corrected chi connectivity index (χ2v) is 8.44. The summed E-state index contributed by atoms with van der Waals surface area (Å²) in [6.45, 7) is 4.05. The zero-order chi connectivity index (χ0) is 14.9. The van der Waals surface area contributed by atoms with Crippen molar-refractivity contribution in [2.75, 3.05) is 6.26 Å². The molecule has 3 atom stereocenters. The fraction of sp³-hybridized carbons (Fsp3) is 0.625. The van der Waals surface area contributed by atoms with E-state index in [4.69, 9.17) is 0 Å². The van der Waals surface area contributed by atoms with E-state index in [0.29, 0.717) is 6.42 Å². The molecule has 1 aromatic rings. The summed E-state index contributed by atoms with van der Waals surface area (Å²) < 4.78 is 23.5. The standard InChI is InChI=1S/C16H24O3S/c1-11-6-4-9-15(12(11)2)16(17)13-7-5-8-14(10-13)20(3,18)19/h4,6,9,13-14,16-17H,5,7-8,10H2,1-3H3. The third-order valence-electron chi connectivity index (χ3n) is 4.68. The van der Waals surface area contributed by atoms with Gasteiger partial charge in [-0.05, 0) is 55.7 Å². The highest BCUT2D eigenvalue weighted by Crippen LogP contribution is 2.38. The maximum atomic E-state index is 11.7.